The molecule has 1 atom stereocenters. The molecule has 0 aliphatic rings. The average Bonchev–Trinajstić information content (AvgIpc) is 2.79. The van der Waals surface area contributed by atoms with Gasteiger partial charge in [-0.2, -0.15) is 0 Å². The fraction of sp³-hybridized carbons (Fsp3) is 0.130. The van der Waals surface area contributed by atoms with E-state index in [2.05, 4.69) is 10.6 Å². The molecule has 10 heteroatoms. The van der Waals surface area contributed by atoms with E-state index in [1.165, 1.54) is 36.0 Å². The van der Waals surface area contributed by atoms with Crippen molar-refractivity contribution < 1.29 is 22.7 Å². The summed E-state index contributed by atoms with van der Waals surface area (Å²) in [6.07, 6.45) is 0. The van der Waals surface area contributed by atoms with E-state index in [1.807, 2.05) is 30.3 Å². The van der Waals surface area contributed by atoms with Crippen LogP contribution < -0.4 is 20.5 Å². The van der Waals surface area contributed by atoms with Crippen molar-refractivity contribution in [2.75, 3.05) is 17.2 Å². The first kappa shape index (κ1) is 24.3. The Hall–Kier alpha value is -3.34. The molecular weight excluding hydrogens is 462 g/mol. The maximum atomic E-state index is 12.5. The minimum atomic E-state index is -3.78. The quantitative estimate of drug-likeness (QED) is 0.398. The molecule has 33 heavy (non-hydrogen) atoms. The summed E-state index contributed by atoms with van der Waals surface area (Å²) in [5.74, 6) is 0.103. The lowest BCUT2D eigenvalue weighted by atomic mass is 10.3. The number of para-hydroxylation sites is 1. The number of nitrogens with one attached hydrogen (secondary N) is 2. The van der Waals surface area contributed by atoms with Crippen LogP contribution in [0.5, 0.6) is 5.75 Å². The number of benzene rings is 3. The number of anilines is 2. The lowest BCUT2D eigenvalue weighted by Gasteiger charge is -2.13. The lowest BCUT2D eigenvalue weighted by Crippen LogP contribution is -2.22. The summed E-state index contributed by atoms with van der Waals surface area (Å²) in [6, 6.07) is 21.8. The molecule has 0 spiro atoms. The van der Waals surface area contributed by atoms with E-state index in [1.54, 1.807) is 31.2 Å². The molecule has 0 bridgehead atoms. The molecule has 3 aromatic carbocycles. The van der Waals surface area contributed by atoms with Crippen molar-refractivity contribution >= 4 is 45.0 Å². The van der Waals surface area contributed by atoms with Gasteiger partial charge in [-0.15, -0.1) is 11.8 Å². The molecule has 8 nitrogen and oxygen atoms in total. The monoisotopic (exact) mass is 485 g/mol. The third-order valence-electron chi connectivity index (χ3n) is 4.38. The molecule has 172 valence electrons. The number of hydrogen-bond acceptors (Lipinski definition) is 6. The second-order valence-corrected chi connectivity index (χ2v) is 9.97. The molecule has 0 saturated carbocycles. The molecule has 0 aliphatic carbocycles. The van der Waals surface area contributed by atoms with Crippen LogP contribution in [0.15, 0.2) is 88.7 Å². The Morgan fingerprint density at radius 1 is 0.909 bits per heavy atom. The van der Waals surface area contributed by atoms with Crippen molar-refractivity contribution in [1.29, 1.82) is 0 Å². The van der Waals surface area contributed by atoms with E-state index in [0.29, 0.717) is 17.1 Å². The molecule has 0 heterocycles. The molecule has 0 radical (unpaired) electrons. The van der Waals surface area contributed by atoms with Gasteiger partial charge < -0.3 is 15.4 Å². The summed E-state index contributed by atoms with van der Waals surface area (Å²) < 4.78 is 28.0. The van der Waals surface area contributed by atoms with Crippen LogP contribution in [0.1, 0.15) is 6.92 Å². The standard InChI is InChI=1S/C23H23N3O5S2/c1-16(23(28)26-18-9-13-21(14-10-18)33(24,29)30)32-20-11-7-17(8-12-20)25-22(27)15-31-19-5-3-2-4-6-19/h2-14,16H,15H2,1H3,(H,25,27)(H,26,28)(H2,24,29,30). The fourth-order valence-corrected chi connectivity index (χ4v) is 4.09. The molecule has 0 saturated heterocycles. The molecular formula is C23H23N3O5S2. The predicted octanol–water partition coefficient (Wildman–Crippen LogP) is 3.47. The highest BCUT2D eigenvalue weighted by Crippen LogP contribution is 2.26. The van der Waals surface area contributed by atoms with Gasteiger partial charge in [-0.1, -0.05) is 18.2 Å². The smallest absolute Gasteiger partial charge is 0.262 e. The van der Waals surface area contributed by atoms with Gasteiger partial charge in [0.25, 0.3) is 5.91 Å². The molecule has 0 aromatic heterocycles. The van der Waals surface area contributed by atoms with Crippen LogP contribution in [-0.2, 0) is 19.6 Å². The van der Waals surface area contributed by atoms with Crippen molar-refractivity contribution in [3.8, 4) is 5.75 Å². The second kappa shape index (κ2) is 11.0. The van der Waals surface area contributed by atoms with Crippen LogP contribution >= 0.6 is 11.8 Å². The number of amides is 2. The third kappa shape index (κ3) is 7.63. The first-order valence-electron chi connectivity index (χ1n) is 9.89. The second-order valence-electron chi connectivity index (χ2n) is 6.99. The summed E-state index contributed by atoms with van der Waals surface area (Å²) in [5.41, 5.74) is 1.09. The molecule has 2 amide bonds. The van der Waals surface area contributed by atoms with Crippen LogP contribution in [0, 0.1) is 0 Å². The van der Waals surface area contributed by atoms with E-state index >= 15 is 0 Å². The summed E-state index contributed by atoms with van der Waals surface area (Å²) in [7, 11) is -3.78. The van der Waals surface area contributed by atoms with Crippen molar-refractivity contribution in [3.63, 3.8) is 0 Å². The molecule has 0 fully saturated rings. The first-order valence-corrected chi connectivity index (χ1v) is 12.3. The minimum absolute atomic E-state index is 0.0262. The lowest BCUT2D eigenvalue weighted by molar-refractivity contribution is -0.118. The summed E-state index contributed by atoms with van der Waals surface area (Å²) in [4.78, 5) is 25.3. The van der Waals surface area contributed by atoms with Crippen LogP contribution in [0.4, 0.5) is 11.4 Å². The Bertz CT molecular complexity index is 1200. The van der Waals surface area contributed by atoms with E-state index in [0.717, 1.165) is 4.90 Å². The first-order chi connectivity index (χ1) is 15.7. The van der Waals surface area contributed by atoms with Gasteiger partial charge in [0.2, 0.25) is 15.9 Å². The van der Waals surface area contributed by atoms with Crippen molar-refractivity contribution in [3.05, 3.63) is 78.9 Å². The van der Waals surface area contributed by atoms with Crippen molar-refractivity contribution in [2.24, 2.45) is 5.14 Å². The third-order valence-corrected chi connectivity index (χ3v) is 6.42. The molecule has 3 rings (SSSR count). The number of carbonyl (C=O) groups is 2. The van der Waals surface area contributed by atoms with E-state index in [-0.39, 0.29) is 23.3 Å². The minimum Gasteiger partial charge on any atom is -0.484 e. The topological polar surface area (TPSA) is 128 Å². The van der Waals surface area contributed by atoms with Gasteiger partial charge in [-0.25, -0.2) is 13.6 Å². The highest BCUT2D eigenvalue weighted by atomic mass is 32.2. The summed E-state index contributed by atoms with van der Waals surface area (Å²) in [5, 5.41) is 10.2. The highest BCUT2D eigenvalue weighted by molar-refractivity contribution is 8.00. The average molecular weight is 486 g/mol. The van der Waals surface area contributed by atoms with Gasteiger partial charge in [0, 0.05) is 16.3 Å². The zero-order valence-corrected chi connectivity index (χ0v) is 19.4. The van der Waals surface area contributed by atoms with Gasteiger partial charge in [0.05, 0.1) is 10.1 Å². The molecule has 0 aliphatic heterocycles. The SMILES string of the molecule is CC(Sc1ccc(NC(=O)COc2ccccc2)cc1)C(=O)Nc1ccc(S(N)(=O)=O)cc1. The van der Waals surface area contributed by atoms with E-state index in [4.69, 9.17) is 9.88 Å². The Kier molecular flexibility index (Phi) is 8.10. The number of rotatable bonds is 9. The van der Waals surface area contributed by atoms with Gasteiger partial charge in [-0.3, -0.25) is 9.59 Å². The van der Waals surface area contributed by atoms with Gasteiger partial charge >= 0.3 is 0 Å². The molecule has 3 aromatic rings. The van der Waals surface area contributed by atoms with Crippen LogP contribution in [-0.4, -0.2) is 32.1 Å². The number of carbonyl (C=O) groups excluding carboxylic acids is 2. The highest BCUT2D eigenvalue weighted by Gasteiger charge is 2.15. The zero-order chi connectivity index (χ0) is 23.8. The molecule has 1 unspecified atom stereocenters. The number of hydrogen-bond donors (Lipinski definition) is 3. The Labute approximate surface area is 196 Å². The maximum absolute atomic E-state index is 12.5. The Balaban J connectivity index is 1.48. The van der Waals surface area contributed by atoms with E-state index in [9.17, 15) is 18.0 Å². The van der Waals surface area contributed by atoms with Gasteiger partial charge in [0.1, 0.15) is 5.75 Å². The summed E-state index contributed by atoms with van der Waals surface area (Å²) in [6.45, 7) is 1.66. The van der Waals surface area contributed by atoms with Gasteiger partial charge in [0.15, 0.2) is 6.61 Å². The number of nitrogens with two attached hydrogens (primary N) is 1. The number of primary sulfonamides is 1. The van der Waals surface area contributed by atoms with Crippen LogP contribution in [0.25, 0.3) is 0 Å². The number of sulfonamides is 1. The van der Waals surface area contributed by atoms with Crippen LogP contribution in [0.2, 0.25) is 0 Å². The fourth-order valence-electron chi connectivity index (χ4n) is 2.71. The predicted molar refractivity (Wildman–Crippen MR) is 129 cm³/mol. The largest absolute Gasteiger partial charge is 0.484 e. The molecule has 4 N–H and O–H groups in total. The van der Waals surface area contributed by atoms with Crippen molar-refractivity contribution in [2.45, 2.75) is 22.0 Å². The normalized spacial score (nSPS) is 11.9. The Morgan fingerprint density at radius 3 is 2.09 bits per heavy atom. The van der Waals surface area contributed by atoms with Gasteiger partial charge in [-0.05, 0) is 67.6 Å². The van der Waals surface area contributed by atoms with Crippen molar-refractivity contribution in [1.82, 2.24) is 0 Å². The number of ether oxygens (including phenoxy) is 1. The Morgan fingerprint density at radius 2 is 1.48 bits per heavy atom. The van der Waals surface area contributed by atoms with E-state index < -0.39 is 15.3 Å². The summed E-state index contributed by atoms with van der Waals surface area (Å²) >= 11 is 1.35. The zero-order valence-electron chi connectivity index (χ0n) is 17.7. The van der Waals surface area contributed by atoms with Crippen LogP contribution in [0.3, 0.4) is 0 Å². The maximum Gasteiger partial charge on any atom is 0.262 e. The number of thioether (sulfide) groups is 1.